The molecule has 0 unspecified atom stereocenters. The van der Waals surface area contributed by atoms with Crippen molar-refractivity contribution in [2.45, 2.75) is 70.2 Å². The maximum absolute atomic E-state index is 13.5. The molecule has 2 amide bonds. The van der Waals surface area contributed by atoms with Crippen LogP contribution in [0.3, 0.4) is 0 Å². The van der Waals surface area contributed by atoms with Crippen LogP contribution < -0.4 is 15.8 Å². The van der Waals surface area contributed by atoms with Gasteiger partial charge in [0.1, 0.15) is 11.4 Å². The highest BCUT2D eigenvalue weighted by Crippen LogP contribution is 2.51. The molecule has 1 aliphatic carbocycles. The van der Waals surface area contributed by atoms with Crippen LogP contribution in [0.15, 0.2) is 53.8 Å². The summed E-state index contributed by atoms with van der Waals surface area (Å²) in [5.74, 6) is 0.616. The summed E-state index contributed by atoms with van der Waals surface area (Å²) in [7, 11) is 0. The summed E-state index contributed by atoms with van der Waals surface area (Å²) in [4.78, 5) is 37.1. The summed E-state index contributed by atoms with van der Waals surface area (Å²) >= 11 is 0. The maximum atomic E-state index is 13.5. The molecule has 184 valence electrons. The second kappa shape index (κ2) is 8.36. The van der Waals surface area contributed by atoms with Crippen LogP contribution in [0.25, 0.3) is 0 Å². The van der Waals surface area contributed by atoms with Crippen molar-refractivity contribution in [3.8, 4) is 5.75 Å². The number of carbonyl (C=O) groups is 2. The fourth-order valence-corrected chi connectivity index (χ4v) is 5.50. The Morgan fingerprint density at radius 2 is 1.97 bits per heavy atom. The first-order valence-corrected chi connectivity index (χ1v) is 12.2. The van der Waals surface area contributed by atoms with Gasteiger partial charge in [-0.25, -0.2) is 4.99 Å². The minimum atomic E-state index is -0.541. The van der Waals surface area contributed by atoms with Gasteiger partial charge in [-0.1, -0.05) is 24.3 Å². The van der Waals surface area contributed by atoms with Crippen LogP contribution in [0.4, 0.5) is 0 Å². The number of aromatic nitrogens is 1. The number of hydrogen-bond acceptors (Lipinski definition) is 6. The van der Waals surface area contributed by atoms with Gasteiger partial charge in [0, 0.05) is 30.3 Å². The molecule has 3 N–H and O–H groups in total. The first-order valence-electron chi connectivity index (χ1n) is 12.2. The van der Waals surface area contributed by atoms with Gasteiger partial charge in [0.05, 0.1) is 24.0 Å². The van der Waals surface area contributed by atoms with Gasteiger partial charge >= 0.3 is 0 Å². The van der Waals surface area contributed by atoms with Crippen molar-refractivity contribution >= 4 is 17.8 Å². The Balaban J connectivity index is 1.39. The molecule has 3 heterocycles. The maximum Gasteiger partial charge on any atom is 0.232 e. The van der Waals surface area contributed by atoms with Crippen molar-refractivity contribution in [3.63, 3.8) is 0 Å². The van der Waals surface area contributed by atoms with Gasteiger partial charge in [-0.15, -0.1) is 0 Å². The number of guanidine groups is 1. The van der Waals surface area contributed by atoms with Crippen LogP contribution in [-0.4, -0.2) is 38.8 Å². The number of benzene rings is 1. The molecule has 5 rings (SSSR count). The van der Waals surface area contributed by atoms with E-state index in [1.165, 1.54) is 0 Å². The Hall–Kier alpha value is -3.42. The van der Waals surface area contributed by atoms with Crippen LogP contribution in [0.2, 0.25) is 0 Å². The highest BCUT2D eigenvalue weighted by Gasteiger charge is 2.53. The van der Waals surface area contributed by atoms with E-state index in [0.717, 1.165) is 16.9 Å². The van der Waals surface area contributed by atoms with Crippen molar-refractivity contribution in [2.75, 3.05) is 0 Å². The van der Waals surface area contributed by atoms with Crippen molar-refractivity contribution in [1.29, 1.82) is 0 Å². The quantitative estimate of drug-likeness (QED) is 0.688. The zero-order valence-electron chi connectivity index (χ0n) is 20.7. The monoisotopic (exact) mass is 475 g/mol. The minimum absolute atomic E-state index is 0.0123. The number of pyridine rings is 1. The Morgan fingerprint density at radius 1 is 1.20 bits per heavy atom. The lowest BCUT2D eigenvalue weighted by molar-refractivity contribution is -0.132. The standard InChI is InChI=1S/C27H33N5O3/c1-26(2)14-22(33)32(25(28)31-26)23(16-8-7-11-29-15-16)18-12-19(18)24(34)30-20-13-27(3,4)35-21-10-6-5-9-17(20)21/h5-11,15,18-20,23H,12-14H2,1-4H3,(H2,28,31)(H,30,34)/t18-,19-,20-,23+/m0/s1. The number of carbonyl (C=O) groups excluding carboxylic acids is 2. The van der Waals surface area contributed by atoms with Crippen LogP contribution in [0, 0.1) is 11.8 Å². The summed E-state index contributed by atoms with van der Waals surface area (Å²) in [5, 5.41) is 3.27. The molecule has 0 bridgehead atoms. The van der Waals surface area contributed by atoms with Crippen LogP contribution in [0.5, 0.6) is 5.75 Å². The smallest absolute Gasteiger partial charge is 0.232 e. The summed E-state index contributed by atoms with van der Waals surface area (Å²) in [6.45, 7) is 7.86. The van der Waals surface area contributed by atoms with E-state index in [-0.39, 0.29) is 53.7 Å². The third-order valence-corrected chi connectivity index (χ3v) is 7.10. The number of hydrogen-bond donors (Lipinski definition) is 2. The fourth-order valence-electron chi connectivity index (χ4n) is 5.50. The predicted molar refractivity (Wildman–Crippen MR) is 132 cm³/mol. The van der Waals surface area contributed by atoms with Gasteiger partial charge in [-0.05, 0) is 57.7 Å². The second-order valence-corrected chi connectivity index (χ2v) is 11.1. The van der Waals surface area contributed by atoms with Crippen LogP contribution >= 0.6 is 0 Å². The van der Waals surface area contributed by atoms with Crippen molar-refractivity contribution in [2.24, 2.45) is 22.6 Å². The average molecular weight is 476 g/mol. The minimum Gasteiger partial charge on any atom is -0.487 e. The third-order valence-electron chi connectivity index (χ3n) is 7.10. The Bertz CT molecular complexity index is 1180. The lowest BCUT2D eigenvalue weighted by Crippen LogP contribution is -2.52. The highest BCUT2D eigenvalue weighted by atomic mass is 16.5. The van der Waals surface area contributed by atoms with Gasteiger partial charge in [-0.3, -0.25) is 19.5 Å². The lowest BCUT2D eigenvalue weighted by atomic mass is 9.89. The third kappa shape index (κ3) is 4.61. The lowest BCUT2D eigenvalue weighted by Gasteiger charge is -2.38. The van der Waals surface area contributed by atoms with Gasteiger partial charge in [0.15, 0.2) is 5.96 Å². The van der Waals surface area contributed by atoms with Gasteiger partial charge < -0.3 is 15.8 Å². The zero-order chi connectivity index (χ0) is 25.0. The van der Waals surface area contributed by atoms with E-state index in [1.54, 1.807) is 17.3 Å². The molecule has 1 saturated carbocycles. The number of rotatable bonds is 5. The molecule has 2 aliphatic heterocycles. The second-order valence-electron chi connectivity index (χ2n) is 11.1. The molecule has 1 aromatic heterocycles. The summed E-state index contributed by atoms with van der Waals surface area (Å²) < 4.78 is 6.11. The molecular weight excluding hydrogens is 442 g/mol. The fraction of sp³-hybridized carbons (Fsp3) is 0.481. The molecule has 0 radical (unpaired) electrons. The largest absolute Gasteiger partial charge is 0.487 e. The number of nitrogens with zero attached hydrogens (tertiary/aromatic N) is 3. The van der Waals surface area contributed by atoms with E-state index in [9.17, 15) is 9.59 Å². The molecule has 1 fully saturated rings. The predicted octanol–water partition coefficient (Wildman–Crippen LogP) is 3.50. The highest BCUT2D eigenvalue weighted by molar-refractivity contribution is 5.99. The van der Waals surface area contributed by atoms with E-state index in [0.29, 0.717) is 12.8 Å². The number of nitrogens with one attached hydrogen (secondary N) is 1. The molecule has 8 heteroatoms. The number of fused-ring (bicyclic) bond motifs is 1. The number of ether oxygens (including phenoxy) is 1. The molecule has 1 aromatic carbocycles. The summed E-state index contributed by atoms with van der Waals surface area (Å²) in [6.07, 6.45) is 5.05. The van der Waals surface area contributed by atoms with Crippen LogP contribution in [0.1, 0.15) is 70.2 Å². The average Bonchev–Trinajstić information content (AvgIpc) is 3.56. The van der Waals surface area contributed by atoms with Gasteiger partial charge in [0.25, 0.3) is 0 Å². The Morgan fingerprint density at radius 3 is 2.69 bits per heavy atom. The van der Waals surface area contributed by atoms with Gasteiger partial charge in [0.2, 0.25) is 11.8 Å². The molecular formula is C27H33N5O3. The molecule has 3 aliphatic rings. The number of para-hydroxylation sites is 1. The number of amides is 2. The zero-order valence-corrected chi connectivity index (χ0v) is 20.7. The van der Waals surface area contributed by atoms with E-state index in [2.05, 4.69) is 15.3 Å². The first kappa shape index (κ1) is 23.3. The molecule has 8 nitrogen and oxygen atoms in total. The van der Waals surface area contributed by atoms with Crippen molar-refractivity contribution < 1.29 is 14.3 Å². The summed E-state index contributed by atoms with van der Waals surface area (Å²) in [5.41, 5.74) is 7.25. The number of nitrogens with two attached hydrogens (primary N) is 1. The molecule has 0 saturated heterocycles. The number of aliphatic imine (C=N–C) groups is 1. The van der Waals surface area contributed by atoms with E-state index < -0.39 is 5.54 Å². The molecule has 35 heavy (non-hydrogen) atoms. The molecule has 0 spiro atoms. The Labute approximate surface area is 206 Å². The topological polar surface area (TPSA) is 110 Å². The van der Waals surface area contributed by atoms with Crippen LogP contribution in [-0.2, 0) is 9.59 Å². The Kier molecular flexibility index (Phi) is 5.57. The van der Waals surface area contributed by atoms with E-state index in [1.807, 2.05) is 64.1 Å². The van der Waals surface area contributed by atoms with Crippen molar-refractivity contribution in [1.82, 2.24) is 15.2 Å². The van der Waals surface area contributed by atoms with E-state index in [4.69, 9.17) is 10.5 Å². The molecule has 4 atom stereocenters. The van der Waals surface area contributed by atoms with E-state index >= 15 is 0 Å². The van der Waals surface area contributed by atoms with Crippen molar-refractivity contribution in [3.05, 3.63) is 59.9 Å². The SMILES string of the molecule is CC1(C)CC(=O)N([C@H](c2cccnc2)[C@H]2C[C@@H]2C(=O)N[C@H]2CC(C)(C)Oc3ccccc32)C(N)=N1. The van der Waals surface area contributed by atoms with Gasteiger partial charge in [-0.2, -0.15) is 0 Å². The first-order chi connectivity index (χ1) is 16.5. The normalized spacial score (nSPS) is 27.2. The molecule has 2 aromatic rings. The summed E-state index contributed by atoms with van der Waals surface area (Å²) in [6, 6.07) is 11.1.